The number of nitrogens with zero attached hydrogens (tertiary/aromatic N) is 3. The van der Waals surface area contributed by atoms with Crippen molar-refractivity contribution in [3.8, 4) is 5.88 Å². The minimum absolute atomic E-state index is 0.256. The van der Waals surface area contributed by atoms with Crippen molar-refractivity contribution in [3.05, 3.63) is 18.2 Å². The normalized spacial score (nSPS) is 11.6. The number of anilines is 1. The van der Waals surface area contributed by atoms with Gasteiger partial charge in [0.1, 0.15) is 0 Å². The fourth-order valence-corrected chi connectivity index (χ4v) is 1.26. The van der Waals surface area contributed by atoms with Crippen molar-refractivity contribution in [2.45, 2.75) is 6.18 Å². The maximum Gasteiger partial charge on any atom is 0.471 e. The summed E-state index contributed by atoms with van der Waals surface area (Å²) in [5, 5.41) is 5.25. The highest BCUT2D eigenvalue weighted by Crippen LogP contribution is 2.18. The first-order valence-electron chi connectivity index (χ1n) is 4.70. The van der Waals surface area contributed by atoms with Gasteiger partial charge in [-0.1, -0.05) is 6.07 Å². The average molecular weight is 260 g/mol. The number of pyridine rings is 1. The molecule has 0 spiro atoms. The van der Waals surface area contributed by atoms with Crippen molar-refractivity contribution in [2.75, 3.05) is 12.4 Å². The second kappa shape index (κ2) is 4.17. The van der Waals surface area contributed by atoms with Crippen molar-refractivity contribution < 1.29 is 22.7 Å². The lowest BCUT2D eigenvalue weighted by Crippen LogP contribution is -2.30. The lowest BCUT2D eigenvalue weighted by Gasteiger charge is -2.03. The van der Waals surface area contributed by atoms with Gasteiger partial charge in [-0.15, -0.1) is 5.10 Å². The number of methoxy groups -OCH3 is 1. The number of rotatable bonds is 2. The summed E-state index contributed by atoms with van der Waals surface area (Å²) in [4.78, 5) is 14.4. The monoisotopic (exact) mass is 260 g/mol. The van der Waals surface area contributed by atoms with Crippen LogP contribution in [-0.4, -0.2) is 33.8 Å². The number of amides is 1. The Morgan fingerprint density at radius 2 is 2.17 bits per heavy atom. The van der Waals surface area contributed by atoms with E-state index < -0.39 is 18.0 Å². The fraction of sp³-hybridized carbons (Fsp3) is 0.222. The zero-order valence-electron chi connectivity index (χ0n) is 9.02. The summed E-state index contributed by atoms with van der Waals surface area (Å²) < 4.78 is 42.2. The molecule has 0 aliphatic carbocycles. The molecular formula is C9H7F3N4O2. The second-order valence-electron chi connectivity index (χ2n) is 3.23. The first-order valence-corrected chi connectivity index (χ1v) is 4.70. The number of hydrogen-bond donors (Lipinski definition) is 1. The van der Waals surface area contributed by atoms with E-state index in [0.717, 1.165) is 0 Å². The van der Waals surface area contributed by atoms with Crippen molar-refractivity contribution in [2.24, 2.45) is 0 Å². The Balaban J connectivity index is 2.34. The molecule has 0 fully saturated rings. The number of carbonyl (C=O) groups excluding carboxylic acids is 1. The van der Waals surface area contributed by atoms with Crippen LogP contribution in [0, 0.1) is 0 Å². The number of fused-ring (bicyclic) bond motifs is 1. The maximum atomic E-state index is 12.0. The number of hydrogen-bond acceptors (Lipinski definition) is 4. The molecule has 2 aromatic rings. The van der Waals surface area contributed by atoms with Gasteiger partial charge in [0.2, 0.25) is 11.8 Å². The van der Waals surface area contributed by atoms with E-state index in [9.17, 15) is 18.0 Å². The third-order valence-corrected chi connectivity index (χ3v) is 2.02. The molecule has 96 valence electrons. The van der Waals surface area contributed by atoms with E-state index >= 15 is 0 Å². The number of alkyl halides is 3. The van der Waals surface area contributed by atoms with Crippen LogP contribution in [0.4, 0.5) is 19.1 Å². The second-order valence-corrected chi connectivity index (χ2v) is 3.23. The summed E-state index contributed by atoms with van der Waals surface area (Å²) in [6.07, 6.45) is -4.98. The molecule has 0 saturated carbocycles. The summed E-state index contributed by atoms with van der Waals surface area (Å²) in [7, 11) is 1.38. The molecule has 0 atom stereocenters. The van der Waals surface area contributed by atoms with Crippen molar-refractivity contribution in [1.82, 2.24) is 14.6 Å². The Kier molecular flexibility index (Phi) is 2.81. The van der Waals surface area contributed by atoms with Gasteiger partial charge in [0.15, 0.2) is 5.65 Å². The van der Waals surface area contributed by atoms with E-state index in [0.29, 0.717) is 0 Å². The minimum Gasteiger partial charge on any atom is -0.481 e. The minimum atomic E-state index is -4.98. The van der Waals surface area contributed by atoms with Crippen LogP contribution in [0.25, 0.3) is 5.65 Å². The van der Waals surface area contributed by atoms with E-state index in [1.165, 1.54) is 17.7 Å². The van der Waals surface area contributed by atoms with E-state index in [2.05, 4.69) is 10.1 Å². The zero-order chi connectivity index (χ0) is 13.3. The molecule has 18 heavy (non-hydrogen) atoms. The Morgan fingerprint density at radius 3 is 2.78 bits per heavy atom. The summed E-state index contributed by atoms with van der Waals surface area (Å²) in [5.74, 6) is -2.29. The summed E-state index contributed by atoms with van der Waals surface area (Å²) in [6.45, 7) is 0. The molecule has 0 bridgehead atoms. The molecule has 2 rings (SSSR count). The Labute approximate surface area is 98.4 Å². The molecule has 6 nitrogen and oxygen atoms in total. The smallest absolute Gasteiger partial charge is 0.471 e. The zero-order valence-corrected chi connectivity index (χ0v) is 9.02. The number of carbonyl (C=O) groups is 1. The van der Waals surface area contributed by atoms with E-state index in [4.69, 9.17) is 4.74 Å². The van der Waals surface area contributed by atoms with Gasteiger partial charge in [-0.2, -0.15) is 22.7 Å². The van der Waals surface area contributed by atoms with Gasteiger partial charge in [0.25, 0.3) is 0 Å². The van der Waals surface area contributed by atoms with Gasteiger partial charge >= 0.3 is 12.1 Å². The molecule has 9 heteroatoms. The molecule has 0 aliphatic rings. The van der Waals surface area contributed by atoms with Gasteiger partial charge in [0, 0.05) is 6.07 Å². The Hall–Kier alpha value is -2.32. The first-order chi connectivity index (χ1) is 8.41. The molecule has 0 unspecified atom stereocenters. The number of ether oxygens (including phenoxy) is 1. The molecule has 1 amide bonds. The van der Waals surface area contributed by atoms with Gasteiger partial charge in [0.05, 0.1) is 7.11 Å². The molecule has 0 aromatic carbocycles. The van der Waals surface area contributed by atoms with Crippen LogP contribution in [0.5, 0.6) is 5.88 Å². The number of nitrogens with one attached hydrogen (secondary N) is 1. The maximum absolute atomic E-state index is 12.0. The standard InChI is InChI=1S/C9H7F3N4O2/c1-18-6-4-2-3-5-13-8(15-16(5)6)14-7(17)9(10,11)12/h2-4H,1H3,(H,14,15,17). The summed E-state index contributed by atoms with van der Waals surface area (Å²) in [5.41, 5.74) is 0.256. The lowest BCUT2D eigenvalue weighted by molar-refractivity contribution is -0.167. The molecule has 0 radical (unpaired) electrons. The third-order valence-electron chi connectivity index (χ3n) is 2.02. The summed E-state index contributed by atoms with van der Waals surface area (Å²) >= 11 is 0. The highest BCUT2D eigenvalue weighted by molar-refractivity contribution is 5.93. The van der Waals surface area contributed by atoms with Crippen molar-refractivity contribution in [3.63, 3.8) is 0 Å². The topological polar surface area (TPSA) is 68.5 Å². The lowest BCUT2D eigenvalue weighted by atomic mass is 10.5. The van der Waals surface area contributed by atoms with Crippen LogP contribution < -0.4 is 10.1 Å². The summed E-state index contributed by atoms with van der Waals surface area (Å²) in [6, 6.07) is 4.66. The Bertz CT molecular complexity index is 593. The molecule has 0 aliphatic heterocycles. The predicted octanol–water partition coefficient (Wildman–Crippen LogP) is 1.24. The van der Waals surface area contributed by atoms with Gasteiger partial charge < -0.3 is 4.74 Å². The van der Waals surface area contributed by atoms with Crippen molar-refractivity contribution in [1.29, 1.82) is 0 Å². The number of halogens is 3. The SMILES string of the molecule is COc1cccc2nc(NC(=O)C(F)(F)F)nn12. The van der Waals surface area contributed by atoms with Crippen LogP contribution in [0.1, 0.15) is 0 Å². The van der Waals surface area contributed by atoms with E-state index in [-0.39, 0.29) is 11.5 Å². The van der Waals surface area contributed by atoms with Gasteiger partial charge in [-0.05, 0) is 6.07 Å². The highest BCUT2D eigenvalue weighted by Gasteiger charge is 2.39. The van der Waals surface area contributed by atoms with Crippen LogP contribution >= 0.6 is 0 Å². The van der Waals surface area contributed by atoms with E-state index in [1.807, 2.05) is 0 Å². The Morgan fingerprint density at radius 1 is 1.44 bits per heavy atom. The van der Waals surface area contributed by atoms with Crippen LogP contribution in [-0.2, 0) is 4.79 Å². The van der Waals surface area contributed by atoms with Crippen molar-refractivity contribution >= 4 is 17.5 Å². The molecular weight excluding hydrogens is 253 g/mol. The first kappa shape index (κ1) is 12.1. The predicted molar refractivity (Wildman–Crippen MR) is 54.2 cm³/mol. The van der Waals surface area contributed by atoms with E-state index in [1.54, 1.807) is 17.4 Å². The van der Waals surface area contributed by atoms with Crippen LogP contribution in [0.2, 0.25) is 0 Å². The largest absolute Gasteiger partial charge is 0.481 e. The van der Waals surface area contributed by atoms with Gasteiger partial charge in [-0.25, -0.2) is 0 Å². The molecule has 2 aromatic heterocycles. The highest BCUT2D eigenvalue weighted by atomic mass is 19.4. The third kappa shape index (κ3) is 2.19. The number of aromatic nitrogens is 3. The van der Waals surface area contributed by atoms with Crippen LogP contribution in [0.3, 0.4) is 0 Å². The van der Waals surface area contributed by atoms with Gasteiger partial charge in [-0.3, -0.25) is 10.1 Å². The molecule has 2 heterocycles. The van der Waals surface area contributed by atoms with Crippen LogP contribution in [0.15, 0.2) is 18.2 Å². The average Bonchev–Trinajstić information content (AvgIpc) is 2.69. The molecule has 1 N–H and O–H groups in total. The quantitative estimate of drug-likeness (QED) is 0.882. The molecule has 0 saturated heterocycles. The fourth-order valence-electron chi connectivity index (χ4n) is 1.26.